The van der Waals surface area contributed by atoms with Crippen LogP contribution in [0.3, 0.4) is 0 Å². The van der Waals surface area contributed by atoms with Crippen LogP contribution in [0.25, 0.3) is 0 Å². The van der Waals surface area contributed by atoms with E-state index in [4.69, 9.17) is 0 Å². The third-order valence-corrected chi connectivity index (χ3v) is 4.65. The molecule has 140 valence electrons. The van der Waals surface area contributed by atoms with Crippen molar-refractivity contribution in [2.75, 3.05) is 31.5 Å². The van der Waals surface area contributed by atoms with Crippen LogP contribution >= 0.6 is 0 Å². The van der Waals surface area contributed by atoms with Gasteiger partial charge in [0.05, 0.1) is 6.54 Å². The normalized spacial score (nSPS) is 22.8. The summed E-state index contributed by atoms with van der Waals surface area (Å²) in [5, 5.41) is 11.3. The third-order valence-electron chi connectivity index (χ3n) is 4.65. The van der Waals surface area contributed by atoms with Crippen LogP contribution in [0.5, 0.6) is 0 Å². The van der Waals surface area contributed by atoms with Crippen LogP contribution in [0.2, 0.25) is 0 Å². The van der Waals surface area contributed by atoms with Crippen molar-refractivity contribution in [3.8, 4) is 0 Å². The zero-order chi connectivity index (χ0) is 18.4. The van der Waals surface area contributed by atoms with Gasteiger partial charge in [0, 0.05) is 31.4 Å². The van der Waals surface area contributed by atoms with Crippen LogP contribution in [-0.4, -0.2) is 61.0 Å². The summed E-state index contributed by atoms with van der Waals surface area (Å²) in [6.45, 7) is 1.63. The summed E-state index contributed by atoms with van der Waals surface area (Å²) in [4.78, 5) is 37.8. The summed E-state index contributed by atoms with van der Waals surface area (Å²) in [7, 11) is 0. The summed E-state index contributed by atoms with van der Waals surface area (Å²) in [5.74, 6) is -0.184. The quantitative estimate of drug-likeness (QED) is 0.606. The zero-order valence-corrected chi connectivity index (χ0v) is 14.7. The van der Waals surface area contributed by atoms with Gasteiger partial charge in [0.2, 0.25) is 11.8 Å². The number of rotatable bonds is 5. The summed E-state index contributed by atoms with van der Waals surface area (Å²) < 4.78 is 0. The molecule has 4 amide bonds. The van der Waals surface area contributed by atoms with E-state index in [0.29, 0.717) is 19.6 Å². The number of carbonyl (C=O) groups excluding carboxylic acids is 3. The first-order chi connectivity index (χ1) is 12.6. The molecule has 2 heterocycles. The molecule has 26 heavy (non-hydrogen) atoms. The number of benzene rings is 1. The molecule has 0 aromatic heterocycles. The van der Waals surface area contributed by atoms with Crippen molar-refractivity contribution in [1.29, 1.82) is 0 Å². The zero-order valence-electron chi connectivity index (χ0n) is 14.7. The third kappa shape index (κ3) is 4.87. The molecule has 2 atom stereocenters. The number of nitrogens with one attached hydrogen (secondary N) is 4. The molecular weight excluding hydrogens is 334 g/mol. The molecule has 0 radical (unpaired) electrons. The minimum absolute atomic E-state index is 0.0726. The average molecular weight is 359 g/mol. The lowest BCUT2D eigenvalue weighted by atomic mass is 10.1. The van der Waals surface area contributed by atoms with E-state index in [2.05, 4.69) is 21.3 Å². The number of urea groups is 1. The fourth-order valence-corrected chi connectivity index (χ4v) is 3.30. The first kappa shape index (κ1) is 18.0. The van der Waals surface area contributed by atoms with E-state index in [1.54, 1.807) is 4.90 Å². The summed E-state index contributed by atoms with van der Waals surface area (Å²) >= 11 is 0. The fraction of sp³-hybridized carbons (Fsp3) is 0.500. The second-order valence-corrected chi connectivity index (χ2v) is 6.67. The molecule has 0 saturated carbocycles. The molecule has 3 rings (SSSR count). The summed E-state index contributed by atoms with van der Waals surface area (Å²) in [5.41, 5.74) is 0.893. The molecule has 2 fully saturated rings. The van der Waals surface area contributed by atoms with Crippen LogP contribution in [-0.2, 0) is 9.59 Å². The maximum absolute atomic E-state index is 12.6. The van der Waals surface area contributed by atoms with E-state index in [1.807, 2.05) is 30.3 Å². The Balaban J connectivity index is 1.49. The van der Waals surface area contributed by atoms with Crippen LogP contribution in [0.1, 0.15) is 19.3 Å². The van der Waals surface area contributed by atoms with Crippen molar-refractivity contribution in [3.05, 3.63) is 30.3 Å². The highest BCUT2D eigenvalue weighted by atomic mass is 16.2. The van der Waals surface area contributed by atoms with E-state index in [-0.39, 0.29) is 30.4 Å². The molecular formula is C18H25N5O3. The van der Waals surface area contributed by atoms with Gasteiger partial charge in [0.25, 0.3) is 0 Å². The van der Waals surface area contributed by atoms with Gasteiger partial charge in [0.15, 0.2) is 0 Å². The number of nitrogens with zero attached hydrogens (tertiary/aromatic N) is 1. The van der Waals surface area contributed by atoms with Crippen molar-refractivity contribution >= 4 is 23.5 Å². The second kappa shape index (κ2) is 8.55. The van der Waals surface area contributed by atoms with E-state index >= 15 is 0 Å². The Hall–Kier alpha value is -2.77. The van der Waals surface area contributed by atoms with Crippen molar-refractivity contribution in [2.45, 2.75) is 31.3 Å². The molecule has 0 aliphatic carbocycles. The first-order valence-electron chi connectivity index (χ1n) is 9.03. The van der Waals surface area contributed by atoms with E-state index in [9.17, 15) is 14.4 Å². The lowest BCUT2D eigenvalue weighted by molar-refractivity contribution is -0.133. The van der Waals surface area contributed by atoms with E-state index in [1.165, 1.54) is 0 Å². The monoisotopic (exact) mass is 359 g/mol. The number of likely N-dealkylation sites (tertiary alicyclic amines) is 1. The molecule has 2 aliphatic heterocycles. The maximum atomic E-state index is 12.6. The number of hydrogen-bond acceptors (Lipinski definition) is 4. The number of amides is 4. The lowest BCUT2D eigenvalue weighted by Gasteiger charge is -2.27. The highest BCUT2D eigenvalue weighted by molar-refractivity contribution is 5.90. The van der Waals surface area contributed by atoms with Gasteiger partial charge < -0.3 is 26.2 Å². The van der Waals surface area contributed by atoms with Gasteiger partial charge in [-0.15, -0.1) is 0 Å². The van der Waals surface area contributed by atoms with Crippen LogP contribution < -0.4 is 21.3 Å². The Kier molecular flexibility index (Phi) is 5.93. The van der Waals surface area contributed by atoms with Crippen molar-refractivity contribution < 1.29 is 14.4 Å². The minimum atomic E-state index is -0.517. The molecule has 1 unspecified atom stereocenters. The van der Waals surface area contributed by atoms with Gasteiger partial charge >= 0.3 is 6.03 Å². The van der Waals surface area contributed by atoms with E-state index < -0.39 is 6.04 Å². The second-order valence-electron chi connectivity index (χ2n) is 6.67. The van der Waals surface area contributed by atoms with Crippen LogP contribution in [0.4, 0.5) is 10.5 Å². The largest absolute Gasteiger partial charge is 0.376 e. The van der Waals surface area contributed by atoms with Gasteiger partial charge in [-0.2, -0.15) is 0 Å². The molecule has 1 aromatic carbocycles. The van der Waals surface area contributed by atoms with Gasteiger partial charge in [-0.3, -0.25) is 9.59 Å². The Morgan fingerprint density at radius 2 is 2.00 bits per heavy atom. The van der Waals surface area contributed by atoms with Gasteiger partial charge in [-0.1, -0.05) is 18.2 Å². The Morgan fingerprint density at radius 3 is 2.73 bits per heavy atom. The van der Waals surface area contributed by atoms with E-state index in [0.717, 1.165) is 24.9 Å². The standard InChI is InChI=1S/C18H25N5O3/c24-16(11-19-13-6-2-1-3-7-13)21-14-8-4-5-9-23(12-14)17(25)15-10-20-18(26)22-15/h1-3,6-7,14-15,19H,4-5,8-12H2,(H,21,24)(H2,20,22,26)/t14?,15-/m1/s1. The average Bonchev–Trinajstić information content (AvgIpc) is 2.95. The highest BCUT2D eigenvalue weighted by Gasteiger charge is 2.32. The number of para-hydroxylation sites is 1. The molecule has 8 heteroatoms. The highest BCUT2D eigenvalue weighted by Crippen LogP contribution is 2.13. The van der Waals surface area contributed by atoms with Crippen LogP contribution in [0.15, 0.2) is 30.3 Å². The Morgan fingerprint density at radius 1 is 1.19 bits per heavy atom. The fourth-order valence-electron chi connectivity index (χ4n) is 3.30. The summed E-state index contributed by atoms with van der Waals surface area (Å²) in [6.07, 6.45) is 2.70. The van der Waals surface area contributed by atoms with Crippen LogP contribution in [0, 0.1) is 0 Å². The molecule has 0 spiro atoms. The predicted molar refractivity (Wildman–Crippen MR) is 97.6 cm³/mol. The molecule has 2 saturated heterocycles. The number of hydrogen-bond donors (Lipinski definition) is 4. The van der Waals surface area contributed by atoms with Gasteiger partial charge in [-0.05, 0) is 31.4 Å². The van der Waals surface area contributed by atoms with Crippen molar-refractivity contribution in [2.24, 2.45) is 0 Å². The van der Waals surface area contributed by atoms with Crippen molar-refractivity contribution in [1.82, 2.24) is 20.9 Å². The number of carbonyl (C=O) groups is 3. The smallest absolute Gasteiger partial charge is 0.315 e. The Labute approximate surface area is 152 Å². The lowest BCUT2D eigenvalue weighted by Crippen LogP contribution is -2.51. The molecule has 4 N–H and O–H groups in total. The molecule has 8 nitrogen and oxygen atoms in total. The van der Waals surface area contributed by atoms with Gasteiger partial charge in [-0.25, -0.2) is 4.79 Å². The Bertz CT molecular complexity index is 651. The maximum Gasteiger partial charge on any atom is 0.315 e. The van der Waals surface area contributed by atoms with Crippen molar-refractivity contribution in [3.63, 3.8) is 0 Å². The first-order valence-corrected chi connectivity index (χ1v) is 9.03. The SMILES string of the molecule is O=C(CNc1ccccc1)NC1CCCCN(C(=O)[C@H]2CNC(=O)N2)C1. The predicted octanol–water partition coefficient (Wildman–Crippen LogP) is 0.277. The topological polar surface area (TPSA) is 103 Å². The molecule has 1 aromatic rings. The number of anilines is 1. The van der Waals surface area contributed by atoms with Gasteiger partial charge in [0.1, 0.15) is 6.04 Å². The minimum Gasteiger partial charge on any atom is -0.376 e. The molecule has 2 aliphatic rings. The summed E-state index contributed by atoms with van der Waals surface area (Å²) in [6, 6.07) is 8.65. The molecule has 0 bridgehead atoms.